The molecule has 0 bridgehead atoms. The highest BCUT2D eigenvalue weighted by Gasteiger charge is 2.43. The second kappa shape index (κ2) is 14.6. The number of fused-ring (bicyclic) bond motifs is 1. The molecule has 5 amide bonds. The quantitative estimate of drug-likeness (QED) is 0.325. The van der Waals surface area contributed by atoms with E-state index in [0.29, 0.717) is 22.7 Å². The average Bonchev–Trinajstić information content (AvgIpc) is 3.29. The fourth-order valence-electron chi connectivity index (χ4n) is 5.26. The van der Waals surface area contributed by atoms with Crippen LogP contribution in [0.4, 0.5) is 21.0 Å². The van der Waals surface area contributed by atoms with Gasteiger partial charge in [-0.2, -0.15) is 5.26 Å². The number of amides is 5. The van der Waals surface area contributed by atoms with Crippen LogP contribution in [0.25, 0.3) is 0 Å². The minimum absolute atomic E-state index is 0.0174. The van der Waals surface area contributed by atoms with Gasteiger partial charge in [0.05, 0.1) is 24.8 Å². The first kappa shape index (κ1) is 37.3. The van der Waals surface area contributed by atoms with Crippen LogP contribution in [0.1, 0.15) is 75.5 Å². The molecule has 50 heavy (non-hydrogen) atoms. The third-order valence-electron chi connectivity index (χ3n) is 7.38. The molecule has 266 valence electrons. The van der Waals surface area contributed by atoms with E-state index < -0.39 is 59.9 Å². The Kier molecular flexibility index (Phi) is 10.9. The lowest BCUT2D eigenvalue weighted by Crippen LogP contribution is -2.56. The zero-order valence-corrected chi connectivity index (χ0v) is 29.3. The second-order valence-electron chi connectivity index (χ2n) is 13.8. The molecule has 2 aromatic rings. The molecule has 4 rings (SSSR count). The number of carbonyl (C=O) groups is 6. The van der Waals surface area contributed by atoms with Crippen LogP contribution in [0.15, 0.2) is 36.4 Å². The van der Waals surface area contributed by atoms with E-state index in [0.717, 1.165) is 12.5 Å². The van der Waals surface area contributed by atoms with Gasteiger partial charge in [-0.1, -0.05) is 0 Å². The fraction of sp³-hybridized carbons (Fsp3) is 0.457. The Labute approximate surface area is 290 Å². The maximum absolute atomic E-state index is 13.7. The van der Waals surface area contributed by atoms with Crippen molar-refractivity contribution >= 4 is 47.3 Å². The van der Waals surface area contributed by atoms with Gasteiger partial charge in [0, 0.05) is 44.0 Å². The van der Waals surface area contributed by atoms with Crippen LogP contribution in [-0.4, -0.2) is 89.3 Å². The van der Waals surface area contributed by atoms with Crippen molar-refractivity contribution in [1.82, 2.24) is 9.80 Å². The van der Waals surface area contributed by atoms with Gasteiger partial charge in [0.15, 0.2) is 6.10 Å². The monoisotopic (exact) mass is 691 g/mol. The van der Waals surface area contributed by atoms with Crippen LogP contribution in [0, 0.1) is 11.3 Å². The fourth-order valence-corrected chi connectivity index (χ4v) is 5.26. The van der Waals surface area contributed by atoms with E-state index in [1.807, 2.05) is 6.07 Å². The van der Waals surface area contributed by atoms with E-state index in [-0.39, 0.29) is 35.9 Å². The summed E-state index contributed by atoms with van der Waals surface area (Å²) in [6, 6.07) is 11.1. The Balaban J connectivity index is 1.59. The molecular weight excluding hydrogens is 650 g/mol. The number of imide groups is 1. The molecular formula is C35H41N5O10. The molecule has 0 aliphatic carbocycles. The molecule has 1 N–H and O–H groups in total. The number of nitrogens with one attached hydrogen (secondary N) is 1. The van der Waals surface area contributed by atoms with E-state index >= 15 is 0 Å². The van der Waals surface area contributed by atoms with Crippen molar-refractivity contribution in [3.05, 3.63) is 58.7 Å². The number of rotatable bonds is 7. The maximum atomic E-state index is 13.7. The minimum atomic E-state index is -1.72. The van der Waals surface area contributed by atoms with Gasteiger partial charge in [0.25, 0.3) is 17.7 Å². The summed E-state index contributed by atoms with van der Waals surface area (Å²) in [4.78, 5) is 81.8. The molecule has 2 aliphatic rings. The first-order valence-corrected chi connectivity index (χ1v) is 15.8. The summed E-state index contributed by atoms with van der Waals surface area (Å²) in [6.07, 6.45) is -5.26. The topological polar surface area (TPSA) is 185 Å². The highest BCUT2D eigenvalue weighted by Crippen LogP contribution is 2.29. The molecule has 2 heterocycles. The van der Waals surface area contributed by atoms with Crippen molar-refractivity contribution in [2.45, 2.75) is 85.0 Å². The summed E-state index contributed by atoms with van der Waals surface area (Å²) in [7, 11) is 1.68. The summed E-state index contributed by atoms with van der Waals surface area (Å²) < 4.78 is 21.8. The number of nitrogens with zero attached hydrogens (tertiary/aromatic N) is 4. The Morgan fingerprint density at radius 3 is 2.24 bits per heavy atom. The van der Waals surface area contributed by atoms with E-state index in [1.54, 1.807) is 71.7 Å². The van der Waals surface area contributed by atoms with E-state index in [1.165, 1.54) is 23.1 Å². The molecule has 1 saturated heterocycles. The van der Waals surface area contributed by atoms with Crippen molar-refractivity contribution in [1.29, 1.82) is 5.26 Å². The molecule has 2 aliphatic heterocycles. The Morgan fingerprint density at radius 2 is 1.66 bits per heavy atom. The second-order valence-corrected chi connectivity index (χ2v) is 13.8. The van der Waals surface area contributed by atoms with E-state index in [2.05, 4.69) is 5.32 Å². The van der Waals surface area contributed by atoms with Crippen LogP contribution in [0.5, 0.6) is 0 Å². The van der Waals surface area contributed by atoms with Gasteiger partial charge in [0.1, 0.15) is 11.2 Å². The molecule has 2 unspecified atom stereocenters. The number of carbonyl (C=O) groups excluding carboxylic acids is 6. The van der Waals surface area contributed by atoms with Gasteiger partial charge in [-0.05, 0) is 89.1 Å². The molecule has 2 aromatic carbocycles. The lowest BCUT2D eigenvalue weighted by atomic mass is 10.1. The molecule has 0 saturated carbocycles. The highest BCUT2D eigenvalue weighted by atomic mass is 16.6. The number of hydrogen-bond acceptors (Lipinski definition) is 11. The predicted octanol–water partition coefficient (Wildman–Crippen LogP) is 4.12. The van der Waals surface area contributed by atoms with Gasteiger partial charge in [-0.3, -0.25) is 19.2 Å². The smallest absolute Gasteiger partial charge is 0.420 e. The van der Waals surface area contributed by atoms with Crippen molar-refractivity contribution in [3.8, 4) is 6.07 Å². The standard InChI is InChI=1S/C35H41N5O10/c1-20(41)48-27(28-31(44)39(13-14-47-28)25-11-12-26-23(16-25)18-38(8)30(26)43)29(42)37-24-10-9-21(17-36)22(15-24)19-40(32(45)49-34(2,3)4)33(46)50-35(5,6)7/h9-12,15-16,27-28H,13-14,18-19H2,1-8H3,(H,37,42). The van der Waals surface area contributed by atoms with Crippen molar-refractivity contribution in [2.75, 3.05) is 30.4 Å². The summed E-state index contributed by atoms with van der Waals surface area (Å²) in [6.45, 7) is 10.9. The summed E-state index contributed by atoms with van der Waals surface area (Å²) in [5.41, 5.74) is 0.193. The third-order valence-corrected chi connectivity index (χ3v) is 7.38. The summed E-state index contributed by atoms with van der Waals surface area (Å²) in [5, 5.41) is 12.4. The average molecular weight is 692 g/mol. The highest BCUT2D eigenvalue weighted by molar-refractivity contribution is 6.05. The number of anilines is 2. The van der Waals surface area contributed by atoms with Crippen LogP contribution >= 0.6 is 0 Å². The zero-order chi connectivity index (χ0) is 37.1. The lowest BCUT2D eigenvalue weighted by molar-refractivity contribution is -0.167. The Hall–Kier alpha value is -5.49. The SMILES string of the molecule is CC(=O)OC(C(=O)Nc1ccc(C#N)c(CN(C(=O)OC(C)(C)C)C(=O)OC(C)(C)C)c1)C1OCCN(c2ccc3c(c2)CN(C)C3=O)C1=O. The number of esters is 1. The molecule has 1 fully saturated rings. The molecule has 0 aromatic heterocycles. The van der Waals surface area contributed by atoms with Gasteiger partial charge < -0.3 is 34.1 Å². The van der Waals surface area contributed by atoms with E-state index in [4.69, 9.17) is 18.9 Å². The van der Waals surface area contributed by atoms with Crippen LogP contribution in [0.3, 0.4) is 0 Å². The molecule has 15 nitrogen and oxygen atoms in total. The number of hydrogen-bond donors (Lipinski definition) is 1. The van der Waals surface area contributed by atoms with Crippen LogP contribution in [0.2, 0.25) is 0 Å². The largest absolute Gasteiger partial charge is 0.449 e. The number of ether oxygens (including phenoxy) is 4. The molecule has 0 radical (unpaired) electrons. The van der Waals surface area contributed by atoms with Crippen molar-refractivity contribution in [2.24, 2.45) is 0 Å². The third kappa shape index (κ3) is 8.94. The van der Waals surface area contributed by atoms with Crippen molar-refractivity contribution in [3.63, 3.8) is 0 Å². The van der Waals surface area contributed by atoms with Gasteiger partial charge in [-0.15, -0.1) is 0 Å². The molecule has 0 spiro atoms. The first-order chi connectivity index (χ1) is 23.3. The van der Waals surface area contributed by atoms with Crippen molar-refractivity contribution < 1.29 is 47.7 Å². The number of benzene rings is 2. The zero-order valence-electron chi connectivity index (χ0n) is 29.3. The van der Waals surface area contributed by atoms with E-state index in [9.17, 15) is 34.0 Å². The van der Waals surface area contributed by atoms with Gasteiger partial charge in [0.2, 0.25) is 6.10 Å². The maximum Gasteiger partial charge on any atom is 0.420 e. The Morgan fingerprint density at radius 1 is 1.02 bits per heavy atom. The van der Waals surface area contributed by atoms with Crippen LogP contribution in [-0.2, 0) is 46.4 Å². The first-order valence-electron chi connectivity index (χ1n) is 15.8. The molecule has 15 heteroatoms. The Bertz CT molecular complexity index is 1730. The minimum Gasteiger partial charge on any atom is -0.449 e. The molecule has 2 atom stereocenters. The predicted molar refractivity (Wildman–Crippen MR) is 178 cm³/mol. The summed E-state index contributed by atoms with van der Waals surface area (Å²) >= 11 is 0. The number of nitriles is 1. The van der Waals surface area contributed by atoms with Gasteiger partial charge in [-0.25, -0.2) is 14.5 Å². The number of morpholine rings is 1. The van der Waals surface area contributed by atoms with Crippen LogP contribution < -0.4 is 10.2 Å². The summed E-state index contributed by atoms with van der Waals surface area (Å²) in [5.74, 6) is -2.52. The van der Waals surface area contributed by atoms with Gasteiger partial charge >= 0.3 is 18.2 Å². The normalized spacial score (nSPS) is 16.6. The lowest BCUT2D eigenvalue weighted by Gasteiger charge is -2.35.